The summed E-state index contributed by atoms with van der Waals surface area (Å²) in [4.78, 5) is 0.574. The Morgan fingerprint density at radius 3 is 2.28 bits per heavy atom. The molecule has 0 bridgehead atoms. The van der Waals surface area contributed by atoms with Crippen LogP contribution in [0.15, 0.2) is 29.2 Å². The second-order valence-corrected chi connectivity index (χ2v) is 7.85. The summed E-state index contributed by atoms with van der Waals surface area (Å²) < 4.78 is 28.9. The molecule has 102 valence electrons. The maximum absolute atomic E-state index is 11.9. The molecule has 0 spiro atoms. The van der Waals surface area contributed by atoms with Crippen molar-refractivity contribution >= 4 is 26.0 Å². The molecular weight excluding hydrogens is 316 g/mol. The smallest absolute Gasteiger partial charge is 0.266 e. The molecule has 0 heterocycles. The van der Waals surface area contributed by atoms with Gasteiger partial charge in [-0.1, -0.05) is 47.5 Å². The SMILES string of the molecule is Cc1ccc(S(=O)(=O)OC[C@@H](C)C[C@@H](C)Br)cc1. The van der Waals surface area contributed by atoms with Crippen molar-refractivity contribution in [3.63, 3.8) is 0 Å². The van der Waals surface area contributed by atoms with Crippen LogP contribution in [0.3, 0.4) is 0 Å². The second-order valence-electron chi connectivity index (χ2n) is 4.67. The summed E-state index contributed by atoms with van der Waals surface area (Å²) >= 11 is 3.44. The summed E-state index contributed by atoms with van der Waals surface area (Å²) in [5.41, 5.74) is 1.02. The van der Waals surface area contributed by atoms with Gasteiger partial charge in [-0.05, 0) is 31.4 Å². The lowest BCUT2D eigenvalue weighted by Gasteiger charge is -2.13. The standard InChI is InChI=1S/C13H19BrO3S/c1-10-4-6-13(7-5-10)18(15,16)17-9-11(2)8-12(3)14/h4-7,11-12H,8-9H2,1-3H3/t11-,12+/m0/s1. The van der Waals surface area contributed by atoms with Crippen LogP contribution in [0.2, 0.25) is 0 Å². The van der Waals surface area contributed by atoms with Gasteiger partial charge in [0.05, 0.1) is 11.5 Å². The quantitative estimate of drug-likeness (QED) is 0.590. The highest BCUT2D eigenvalue weighted by Gasteiger charge is 2.17. The van der Waals surface area contributed by atoms with Crippen LogP contribution < -0.4 is 0 Å². The van der Waals surface area contributed by atoms with Crippen molar-refractivity contribution in [2.45, 2.75) is 36.9 Å². The molecule has 0 saturated carbocycles. The topological polar surface area (TPSA) is 43.4 Å². The van der Waals surface area contributed by atoms with Crippen LogP contribution in [0.1, 0.15) is 25.8 Å². The Balaban J connectivity index is 2.63. The van der Waals surface area contributed by atoms with E-state index in [1.807, 2.05) is 20.8 Å². The molecule has 0 fully saturated rings. The average molecular weight is 335 g/mol. The predicted molar refractivity (Wildman–Crippen MR) is 76.5 cm³/mol. The lowest BCUT2D eigenvalue weighted by Crippen LogP contribution is -2.14. The Bertz CT molecular complexity index is 466. The molecular formula is C13H19BrO3S. The van der Waals surface area contributed by atoms with E-state index in [4.69, 9.17) is 4.18 Å². The molecule has 0 amide bonds. The molecule has 0 aliphatic rings. The third kappa shape index (κ3) is 5.08. The second kappa shape index (κ2) is 6.68. The Morgan fingerprint density at radius 1 is 1.22 bits per heavy atom. The van der Waals surface area contributed by atoms with Gasteiger partial charge in [0.2, 0.25) is 0 Å². The third-order valence-electron chi connectivity index (χ3n) is 2.54. The van der Waals surface area contributed by atoms with Crippen LogP contribution >= 0.6 is 15.9 Å². The van der Waals surface area contributed by atoms with E-state index in [1.54, 1.807) is 24.3 Å². The number of benzene rings is 1. The van der Waals surface area contributed by atoms with Gasteiger partial charge >= 0.3 is 0 Å². The van der Waals surface area contributed by atoms with Gasteiger partial charge in [-0.25, -0.2) is 0 Å². The fourth-order valence-corrected chi connectivity index (χ4v) is 3.26. The first-order valence-electron chi connectivity index (χ1n) is 5.91. The highest BCUT2D eigenvalue weighted by Crippen LogP contribution is 2.17. The zero-order valence-electron chi connectivity index (χ0n) is 10.9. The number of hydrogen-bond acceptors (Lipinski definition) is 3. The van der Waals surface area contributed by atoms with Crippen molar-refractivity contribution in [2.24, 2.45) is 5.92 Å². The lowest BCUT2D eigenvalue weighted by atomic mass is 10.1. The number of alkyl halides is 1. The molecule has 0 N–H and O–H groups in total. The van der Waals surface area contributed by atoms with Crippen molar-refractivity contribution < 1.29 is 12.6 Å². The van der Waals surface area contributed by atoms with Crippen molar-refractivity contribution in [3.05, 3.63) is 29.8 Å². The Hall–Kier alpha value is -0.390. The maximum Gasteiger partial charge on any atom is 0.296 e. The van der Waals surface area contributed by atoms with Gasteiger partial charge in [0.1, 0.15) is 0 Å². The molecule has 0 aromatic heterocycles. The summed E-state index contributed by atoms with van der Waals surface area (Å²) in [6.45, 7) is 6.14. The van der Waals surface area contributed by atoms with Gasteiger partial charge < -0.3 is 0 Å². The van der Waals surface area contributed by atoms with Gasteiger partial charge in [-0.15, -0.1) is 0 Å². The number of halogens is 1. The normalized spacial score (nSPS) is 15.3. The van der Waals surface area contributed by atoms with E-state index in [2.05, 4.69) is 15.9 Å². The summed E-state index contributed by atoms with van der Waals surface area (Å²) in [5, 5.41) is 0. The first-order valence-corrected chi connectivity index (χ1v) is 8.24. The zero-order valence-corrected chi connectivity index (χ0v) is 13.3. The van der Waals surface area contributed by atoms with Gasteiger partial charge in [-0.3, -0.25) is 4.18 Å². The third-order valence-corrected chi connectivity index (χ3v) is 4.21. The minimum Gasteiger partial charge on any atom is -0.266 e. The molecule has 5 heteroatoms. The first-order chi connectivity index (χ1) is 8.31. The van der Waals surface area contributed by atoms with Crippen LogP contribution in [0.4, 0.5) is 0 Å². The summed E-state index contributed by atoms with van der Waals surface area (Å²) in [5.74, 6) is 0.194. The minimum atomic E-state index is -3.62. The summed E-state index contributed by atoms with van der Waals surface area (Å²) in [7, 11) is -3.62. The maximum atomic E-state index is 11.9. The Kier molecular flexibility index (Phi) is 5.82. The summed E-state index contributed by atoms with van der Waals surface area (Å²) in [6.07, 6.45) is 0.878. The highest BCUT2D eigenvalue weighted by atomic mass is 79.9. The number of rotatable bonds is 6. The molecule has 0 saturated heterocycles. The van der Waals surface area contributed by atoms with Crippen molar-refractivity contribution in [2.75, 3.05) is 6.61 Å². The van der Waals surface area contributed by atoms with Gasteiger partial charge in [0, 0.05) is 4.83 Å². The van der Waals surface area contributed by atoms with Crippen LogP contribution in [0.25, 0.3) is 0 Å². The molecule has 0 unspecified atom stereocenters. The molecule has 18 heavy (non-hydrogen) atoms. The van der Waals surface area contributed by atoms with Gasteiger partial charge in [0.15, 0.2) is 0 Å². The van der Waals surface area contributed by atoms with Crippen LogP contribution in [-0.4, -0.2) is 19.9 Å². The van der Waals surface area contributed by atoms with E-state index in [0.717, 1.165) is 12.0 Å². The van der Waals surface area contributed by atoms with Crippen molar-refractivity contribution in [1.29, 1.82) is 0 Å². The Morgan fingerprint density at radius 2 is 1.78 bits per heavy atom. The molecule has 1 aromatic carbocycles. The highest BCUT2D eigenvalue weighted by molar-refractivity contribution is 9.09. The number of aryl methyl sites for hydroxylation is 1. The van der Waals surface area contributed by atoms with E-state index in [9.17, 15) is 8.42 Å². The van der Waals surface area contributed by atoms with Gasteiger partial charge in [-0.2, -0.15) is 8.42 Å². The zero-order chi connectivity index (χ0) is 13.8. The first kappa shape index (κ1) is 15.7. The van der Waals surface area contributed by atoms with Gasteiger partial charge in [0.25, 0.3) is 10.1 Å². The molecule has 3 nitrogen and oxygen atoms in total. The largest absolute Gasteiger partial charge is 0.296 e. The predicted octanol–water partition coefficient (Wildman–Crippen LogP) is 3.51. The minimum absolute atomic E-state index is 0.194. The fourth-order valence-electron chi connectivity index (χ4n) is 1.60. The molecule has 0 aliphatic carbocycles. The lowest BCUT2D eigenvalue weighted by molar-refractivity contribution is 0.258. The van der Waals surface area contributed by atoms with E-state index in [0.29, 0.717) is 4.83 Å². The van der Waals surface area contributed by atoms with E-state index in [1.165, 1.54) is 0 Å². The Labute approximate surface area is 118 Å². The molecule has 2 atom stereocenters. The van der Waals surface area contributed by atoms with E-state index >= 15 is 0 Å². The monoisotopic (exact) mass is 334 g/mol. The molecule has 0 radical (unpaired) electrons. The van der Waals surface area contributed by atoms with Crippen molar-refractivity contribution in [3.8, 4) is 0 Å². The average Bonchev–Trinajstić information content (AvgIpc) is 2.26. The summed E-state index contributed by atoms with van der Waals surface area (Å²) in [6, 6.07) is 6.67. The fraction of sp³-hybridized carbons (Fsp3) is 0.538. The van der Waals surface area contributed by atoms with Crippen LogP contribution in [-0.2, 0) is 14.3 Å². The van der Waals surface area contributed by atoms with Crippen LogP contribution in [0, 0.1) is 12.8 Å². The molecule has 0 aliphatic heterocycles. The number of hydrogen-bond donors (Lipinski definition) is 0. The van der Waals surface area contributed by atoms with E-state index in [-0.39, 0.29) is 17.4 Å². The van der Waals surface area contributed by atoms with Crippen molar-refractivity contribution in [1.82, 2.24) is 0 Å². The van der Waals surface area contributed by atoms with Crippen LogP contribution in [0.5, 0.6) is 0 Å². The molecule has 1 rings (SSSR count). The molecule has 1 aromatic rings. The van der Waals surface area contributed by atoms with E-state index < -0.39 is 10.1 Å².